The quantitative estimate of drug-likeness (QED) is 0.786. The lowest BCUT2D eigenvalue weighted by Gasteiger charge is -2.32. The van der Waals surface area contributed by atoms with Crippen LogP contribution in [-0.2, 0) is 0 Å². The van der Waals surface area contributed by atoms with E-state index in [1.807, 2.05) is 18.2 Å². The molecule has 3 heteroatoms. The van der Waals surface area contributed by atoms with Gasteiger partial charge in [-0.2, -0.15) is 0 Å². The third kappa shape index (κ3) is 2.13. The largest absolute Gasteiger partial charge is 0.493 e. The highest BCUT2D eigenvalue weighted by Crippen LogP contribution is 2.34. The van der Waals surface area contributed by atoms with Gasteiger partial charge in [-0.15, -0.1) is 0 Å². The van der Waals surface area contributed by atoms with Crippen LogP contribution < -0.4 is 10.1 Å². The topological polar surface area (TPSA) is 41.5 Å². The summed E-state index contributed by atoms with van der Waals surface area (Å²) >= 11 is 0. The monoisotopic (exact) mass is 207 g/mol. The molecule has 82 valence electrons. The number of para-hydroxylation sites is 1. The lowest BCUT2D eigenvalue weighted by Crippen LogP contribution is -2.35. The minimum atomic E-state index is 0.173. The van der Waals surface area contributed by atoms with Crippen molar-refractivity contribution in [1.82, 2.24) is 5.32 Å². The van der Waals surface area contributed by atoms with Crippen LogP contribution in [0.1, 0.15) is 18.5 Å². The fourth-order valence-corrected chi connectivity index (χ4v) is 2.02. The summed E-state index contributed by atoms with van der Waals surface area (Å²) < 4.78 is 5.64. The van der Waals surface area contributed by atoms with E-state index in [2.05, 4.69) is 18.3 Å². The molecule has 3 nitrogen and oxygen atoms in total. The van der Waals surface area contributed by atoms with Gasteiger partial charge in [0.2, 0.25) is 0 Å². The molecule has 0 aromatic heterocycles. The van der Waals surface area contributed by atoms with E-state index in [0.717, 1.165) is 12.4 Å². The Morgan fingerprint density at radius 1 is 1.47 bits per heavy atom. The lowest BCUT2D eigenvalue weighted by atomic mass is 9.92. The van der Waals surface area contributed by atoms with Crippen molar-refractivity contribution in [2.75, 3.05) is 19.8 Å². The highest BCUT2D eigenvalue weighted by Gasteiger charge is 2.26. The summed E-state index contributed by atoms with van der Waals surface area (Å²) in [6, 6.07) is 8.38. The zero-order chi connectivity index (χ0) is 10.7. The van der Waals surface area contributed by atoms with Crippen LogP contribution in [0.25, 0.3) is 0 Å². The van der Waals surface area contributed by atoms with Crippen molar-refractivity contribution in [3.8, 4) is 5.75 Å². The number of benzene rings is 1. The zero-order valence-corrected chi connectivity index (χ0v) is 8.94. The van der Waals surface area contributed by atoms with Gasteiger partial charge in [0.15, 0.2) is 0 Å². The van der Waals surface area contributed by atoms with Crippen molar-refractivity contribution in [1.29, 1.82) is 0 Å². The molecule has 1 aromatic carbocycles. The summed E-state index contributed by atoms with van der Waals surface area (Å²) in [5.41, 5.74) is 1.20. The van der Waals surface area contributed by atoms with Crippen LogP contribution in [0.15, 0.2) is 24.3 Å². The summed E-state index contributed by atoms with van der Waals surface area (Å²) in [4.78, 5) is 0. The van der Waals surface area contributed by atoms with Gasteiger partial charge in [0.05, 0.1) is 13.2 Å². The van der Waals surface area contributed by atoms with E-state index >= 15 is 0 Å². The molecule has 0 amide bonds. The molecule has 0 aliphatic carbocycles. The van der Waals surface area contributed by atoms with Crippen molar-refractivity contribution in [3.05, 3.63) is 29.8 Å². The van der Waals surface area contributed by atoms with E-state index in [1.165, 1.54) is 5.56 Å². The molecule has 2 unspecified atom stereocenters. The third-order valence-corrected chi connectivity index (χ3v) is 2.80. The summed E-state index contributed by atoms with van der Waals surface area (Å²) in [6.07, 6.45) is 0. The van der Waals surface area contributed by atoms with Crippen LogP contribution in [-0.4, -0.2) is 24.9 Å². The Kier molecular flexibility index (Phi) is 3.23. The van der Waals surface area contributed by atoms with Gasteiger partial charge in [0.25, 0.3) is 0 Å². The van der Waals surface area contributed by atoms with Crippen LogP contribution in [0.2, 0.25) is 0 Å². The van der Waals surface area contributed by atoms with Gasteiger partial charge < -0.3 is 15.2 Å². The van der Waals surface area contributed by atoms with Crippen molar-refractivity contribution >= 4 is 0 Å². The molecular formula is C12H17NO2. The highest BCUT2D eigenvalue weighted by atomic mass is 16.5. The Labute approximate surface area is 90.1 Å². The van der Waals surface area contributed by atoms with Crippen LogP contribution in [0.4, 0.5) is 0 Å². The Bertz CT molecular complexity index is 327. The van der Waals surface area contributed by atoms with E-state index in [-0.39, 0.29) is 6.61 Å². The molecule has 0 saturated heterocycles. The standard InChI is InChI=1S/C12H17NO2/c1-9-8-15-11-5-3-2-4-10(11)12(9)13-6-7-14/h2-5,9,12-14H,6-8H2,1H3. The van der Waals surface area contributed by atoms with Crippen molar-refractivity contribution in [2.24, 2.45) is 5.92 Å². The minimum absolute atomic E-state index is 0.173. The predicted octanol–water partition coefficient (Wildman–Crippen LogP) is 1.34. The molecule has 2 atom stereocenters. The average molecular weight is 207 g/mol. The van der Waals surface area contributed by atoms with Gasteiger partial charge in [-0.25, -0.2) is 0 Å². The summed E-state index contributed by atoms with van der Waals surface area (Å²) in [5, 5.41) is 12.2. The summed E-state index contributed by atoms with van der Waals surface area (Å²) in [7, 11) is 0. The van der Waals surface area contributed by atoms with E-state index in [1.54, 1.807) is 0 Å². The molecular weight excluding hydrogens is 190 g/mol. The first-order chi connectivity index (χ1) is 7.33. The number of aliphatic hydroxyl groups excluding tert-OH is 1. The summed E-state index contributed by atoms with van der Waals surface area (Å²) in [5.74, 6) is 1.40. The second kappa shape index (κ2) is 4.64. The molecule has 1 aliphatic rings. The Balaban J connectivity index is 2.21. The molecule has 1 heterocycles. The number of hydrogen-bond donors (Lipinski definition) is 2. The van der Waals surface area contributed by atoms with Crippen LogP contribution in [0.3, 0.4) is 0 Å². The highest BCUT2D eigenvalue weighted by molar-refractivity contribution is 5.37. The predicted molar refractivity (Wildman–Crippen MR) is 58.9 cm³/mol. The number of rotatable bonds is 3. The molecule has 0 bridgehead atoms. The maximum atomic E-state index is 8.84. The second-order valence-electron chi connectivity index (χ2n) is 3.98. The number of ether oxygens (including phenoxy) is 1. The molecule has 0 radical (unpaired) electrons. The first-order valence-electron chi connectivity index (χ1n) is 5.39. The van der Waals surface area contributed by atoms with Crippen LogP contribution >= 0.6 is 0 Å². The molecule has 15 heavy (non-hydrogen) atoms. The Morgan fingerprint density at radius 3 is 3.07 bits per heavy atom. The fraction of sp³-hybridized carbons (Fsp3) is 0.500. The molecule has 2 N–H and O–H groups in total. The number of aliphatic hydroxyl groups is 1. The van der Waals surface area contributed by atoms with Crippen molar-refractivity contribution < 1.29 is 9.84 Å². The maximum absolute atomic E-state index is 8.84. The third-order valence-electron chi connectivity index (χ3n) is 2.80. The Hall–Kier alpha value is -1.06. The smallest absolute Gasteiger partial charge is 0.124 e. The molecule has 0 saturated carbocycles. The van der Waals surface area contributed by atoms with Gasteiger partial charge in [-0.05, 0) is 6.07 Å². The molecule has 0 spiro atoms. The number of hydrogen-bond acceptors (Lipinski definition) is 3. The molecule has 0 fully saturated rings. The van der Waals surface area contributed by atoms with Crippen LogP contribution in [0, 0.1) is 5.92 Å². The van der Waals surface area contributed by atoms with Gasteiger partial charge in [-0.1, -0.05) is 25.1 Å². The first kappa shape index (κ1) is 10.5. The van der Waals surface area contributed by atoms with Gasteiger partial charge >= 0.3 is 0 Å². The van der Waals surface area contributed by atoms with Crippen molar-refractivity contribution in [2.45, 2.75) is 13.0 Å². The van der Waals surface area contributed by atoms with Gasteiger partial charge in [0.1, 0.15) is 5.75 Å². The molecule has 2 rings (SSSR count). The molecule has 1 aromatic rings. The zero-order valence-electron chi connectivity index (χ0n) is 8.94. The van der Waals surface area contributed by atoms with E-state index < -0.39 is 0 Å². The van der Waals surface area contributed by atoms with E-state index in [4.69, 9.17) is 9.84 Å². The Morgan fingerprint density at radius 2 is 2.27 bits per heavy atom. The maximum Gasteiger partial charge on any atom is 0.124 e. The average Bonchev–Trinajstić information content (AvgIpc) is 2.28. The minimum Gasteiger partial charge on any atom is -0.493 e. The normalized spacial score (nSPS) is 24.4. The van der Waals surface area contributed by atoms with E-state index in [0.29, 0.717) is 18.5 Å². The van der Waals surface area contributed by atoms with Gasteiger partial charge in [-0.3, -0.25) is 0 Å². The lowest BCUT2D eigenvalue weighted by molar-refractivity contribution is 0.181. The number of fused-ring (bicyclic) bond motifs is 1. The second-order valence-corrected chi connectivity index (χ2v) is 3.98. The van der Waals surface area contributed by atoms with E-state index in [9.17, 15) is 0 Å². The number of nitrogens with one attached hydrogen (secondary N) is 1. The SMILES string of the molecule is CC1COc2ccccc2C1NCCO. The van der Waals surface area contributed by atoms with Crippen molar-refractivity contribution in [3.63, 3.8) is 0 Å². The van der Waals surface area contributed by atoms with Gasteiger partial charge in [0, 0.05) is 24.1 Å². The van der Waals surface area contributed by atoms with Crippen LogP contribution in [0.5, 0.6) is 5.75 Å². The summed E-state index contributed by atoms with van der Waals surface area (Å²) in [6.45, 7) is 3.70. The fourth-order valence-electron chi connectivity index (χ4n) is 2.02. The molecule has 1 aliphatic heterocycles. The first-order valence-corrected chi connectivity index (χ1v) is 5.39.